The lowest BCUT2D eigenvalue weighted by molar-refractivity contribution is 0.0185. The van der Waals surface area contributed by atoms with Crippen LogP contribution in [0.15, 0.2) is 22.8 Å². The Morgan fingerprint density at radius 3 is 2.95 bits per heavy atom. The van der Waals surface area contributed by atoms with Gasteiger partial charge in [-0.2, -0.15) is 0 Å². The second-order valence-electron chi connectivity index (χ2n) is 5.65. The molecular weight excluding hydrogens is 254 g/mol. The number of ether oxygens (including phenoxy) is 1. The molecule has 3 rings (SSSR count). The Bertz CT molecular complexity index is 376. The van der Waals surface area contributed by atoms with Crippen LogP contribution in [0.25, 0.3) is 0 Å². The number of hydrogen-bond donors (Lipinski definition) is 1. The van der Waals surface area contributed by atoms with Gasteiger partial charge in [0.15, 0.2) is 0 Å². The van der Waals surface area contributed by atoms with Crippen LogP contribution in [-0.2, 0) is 11.3 Å². The summed E-state index contributed by atoms with van der Waals surface area (Å²) in [4.78, 5) is 5.16. The van der Waals surface area contributed by atoms with Crippen LogP contribution in [0.5, 0.6) is 0 Å². The molecule has 1 aromatic heterocycles. The highest BCUT2D eigenvalue weighted by Crippen LogP contribution is 2.16. The molecule has 1 aromatic rings. The third-order valence-corrected chi connectivity index (χ3v) is 4.29. The summed E-state index contributed by atoms with van der Waals surface area (Å²) < 4.78 is 10.7. The molecule has 0 radical (unpaired) electrons. The topological polar surface area (TPSA) is 40.9 Å². The molecule has 0 aromatic carbocycles. The molecule has 1 N–H and O–H groups in total. The monoisotopic (exact) mass is 279 g/mol. The lowest BCUT2D eigenvalue weighted by Gasteiger charge is -2.32. The Morgan fingerprint density at radius 1 is 1.25 bits per heavy atom. The number of nitrogens with one attached hydrogen (secondary N) is 1. The maximum Gasteiger partial charge on any atom is 0.117 e. The van der Waals surface area contributed by atoms with Gasteiger partial charge >= 0.3 is 0 Å². The smallest absolute Gasteiger partial charge is 0.117 e. The molecule has 2 aliphatic heterocycles. The summed E-state index contributed by atoms with van der Waals surface area (Å²) in [6.45, 7) is 9.44. The second kappa shape index (κ2) is 7.22. The van der Waals surface area contributed by atoms with E-state index in [0.717, 1.165) is 57.7 Å². The fraction of sp³-hybridized carbons (Fsp3) is 0.733. The van der Waals surface area contributed by atoms with Gasteiger partial charge in [-0.15, -0.1) is 0 Å². The fourth-order valence-corrected chi connectivity index (χ4v) is 3.12. The van der Waals surface area contributed by atoms with Gasteiger partial charge in [0.25, 0.3) is 0 Å². The van der Waals surface area contributed by atoms with Gasteiger partial charge < -0.3 is 19.4 Å². The average molecular weight is 279 g/mol. The first-order chi connectivity index (χ1) is 9.92. The first-order valence-electron chi connectivity index (χ1n) is 7.69. The molecular formula is C15H25N3O2. The Labute approximate surface area is 120 Å². The van der Waals surface area contributed by atoms with E-state index in [4.69, 9.17) is 9.15 Å². The van der Waals surface area contributed by atoms with Crippen molar-refractivity contribution in [3.63, 3.8) is 0 Å². The summed E-state index contributed by atoms with van der Waals surface area (Å²) in [5.41, 5.74) is 0. The van der Waals surface area contributed by atoms with Crippen LogP contribution < -0.4 is 5.32 Å². The van der Waals surface area contributed by atoms with Gasteiger partial charge in [0.1, 0.15) is 5.76 Å². The molecule has 0 saturated carbocycles. The zero-order chi connectivity index (χ0) is 13.6. The molecule has 0 spiro atoms. The van der Waals surface area contributed by atoms with Gasteiger partial charge in [-0.25, -0.2) is 0 Å². The molecule has 20 heavy (non-hydrogen) atoms. The normalized spacial score (nSPS) is 25.3. The van der Waals surface area contributed by atoms with Gasteiger partial charge in [-0.3, -0.25) is 4.90 Å². The van der Waals surface area contributed by atoms with Crippen molar-refractivity contribution in [2.75, 3.05) is 52.5 Å². The van der Waals surface area contributed by atoms with Crippen LogP contribution in [-0.4, -0.2) is 68.3 Å². The number of rotatable bonds is 6. The molecule has 1 atom stereocenters. The quantitative estimate of drug-likeness (QED) is 0.779. The van der Waals surface area contributed by atoms with E-state index in [1.54, 1.807) is 6.26 Å². The third-order valence-electron chi connectivity index (χ3n) is 4.29. The van der Waals surface area contributed by atoms with Crippen molar-refractivity contribution < 1.29 is 9.15 Å². The first kappa shape index (κ1) is 14.1. The predicted octanol–water partition coefficient (Wildman–Crippen LogP) is 0.776. The molecule has 0 amide bonds. The summed E-state index contributed by atoms with van der Waals surface area (Å²) in [5, 5.41) is 3.44. The molecule has 2 aliphatic rings. The lowest BCUT2D eigenvalue weighted by Crippen LogP contribution is -2.45. The Hall–Kier alpha value is -0.880. The van der Waals surface area contributed by atoms with Crippen LogP contribution >= 0.6 is 0 Å². The van der Waals surface area contributed by atoms with Crippen molar-refractivity contribution in [1.29, 1.82) is 0 Å². The van der Waals surface area contributed by atoms with Crippen LogP contribution in [0.1, 0.15) is 12.2 Å². The molecule has 3 heterocycles. The van der Waals surface area contributed by atoms with Gasteiger partial charge in [0.05, 0.1) is 26.0 Å². The van der Waals surface area contributed by atoms with Crippen LogP contribution in [0, 0.1) is 0 Å². The van der Waals surface area contributed by atoms with Crippen LogP contribution in [0.2, 0.25) is 0 Å². The van der Waals surface area contributed by atoms with Crippen molar-refractivity contribution in [1.82, 2.24) is 15.1 Å². The zero-order valence-corrected chi connectivity index (χ0v) is 12.1. The minimum Gasteiger partial charge on any atom is -0.468 e. The van der Waals surface area contributed by atoms with Crippen molar-refractivity contribution >= 4 is 0 Å². The van der Waals surface area contributed by atoms with Gasteiger partial charge in [0, 0.05) is 38.8 Å². The van der Waals surface area contributed by atoms with E-state index in [1.165, 1.54) is 19.5 Å². The summed E-state index contributed by atoms with van der Waals surface area (Å²) >= 11 is 0. The van der Waals surface area contributed by atoms with E-state index < -0.39 is 0 Å². The van der Waals surface area contributed by atoms with Crippen LogP contribution in [0.4, 0.5) is 0 Å². The summed E-state index contributed by atoms with van der Waals surface area (Å²) in [5.74, 6) is 1.01. The highest BCUT2D eigenvalue weighted by Gasteiger charge is 2.28. The molecule has 2 fully saturated rings. The molecule has 0 bridgehead atoms. The maximum atomic E-state index is 5.43. The van der Waals surface area contributed by atoms with Crippen molar-refractivity contribution in [2.45, 2.75) is 19.0 Å². The van der Waals surface area contributed by atoms with E-state index in [2.05, 4.69) is 15.1 Å². The molecule has 112 valence electrons. The standard InChI is InChI=1S/C15H25N3O2/c1-2-15(20-9-1)12-16-4-6-17-5-3-14(13-17)18-7-10-19-11-8-18/h1-2,9,14,16H,3-8,10-13H2. The van der Waals surface area contributed by atoms with E-state index in [-0.39, 0.29) is 0 Å². The van der Waals surface area contributed by atoms with E-state index in [1.807, 2.05) is 12.1 Å². The molecule has 5 heteroatoms. The summed E-state index contributed by atoms with van der Waals surface area (Å²) in [7, 11) is 0. The Morgan fingerprint density at radius 2 is 2.15 bits per heavy atom. The van der Waals surface area contributed by atoms with Crippen LogP contribution in [0.3, 0.4) is 0 Å². The van der Waals surface area contributed by atoms with Crippen molar-refractivity contribution in [3.8, 4) is 0 Å². The van der Waals surface area contributed by atoms with Gasteiger partial charge in [-0.1, -0.05) is 0 Å². The van der Waals surface area contributed by atoms with E-state index in [9.17, 15) is 0 Å². The predicted molar refractivity (Wildman–Crippen MR) is 77.7 cm³/mol. The lowest BCUT2D eigenvalue weighted by atomic mass is 10.2. The molecule has 0 aliphatic carbocycles. The minimum atomic E-state index is 0.740. The number of furan rings is 1. The van der Waals surface area contributed by atoms with Crippen molar-refractivity contribution in [3.05, 3.63) is 24.2 Å². The summed E-state index contributed by atoms with van der Waals surface area (Å²) in [6, 6.07) is 4.69. The highest BCUT2D eigenvalue weighted by molar-refractivity contribution is 4.97. The maximum absolute atomic E-state index is 5.43. The molecule has 2 saturated heterocycles. The first-order valence-corrected chi connectivity index (χ1v) is 7.69. The van der Waals surface area contributed by atoms with Gasteiger partial charge in [0.2, 0.25) is 0 Å². The van der Waals surface area contributed by atoms with E-state index in [0.29, 0.717) is 0 Å². The fourth-order valence-electron chi connectivity index (χ4n) is 3.12. The van der Waals surface area contributed by atoms with E-state index >= 15 is 0 Å². The second-order valence-corrected chi connectivity index (χ2v) is 5.65. The number of morpholine rings is 1. The largest absolute Gasteiger partial charge is 0.468 e. The highest BCUT2D eigenvalue weighted by atomic mass is 16.5. The number of nitrogens with zero attached hydrogens (tertiary/aromatic N) is 2. The summed E-state index contributed by atoms with van der Waals surface area (Å²) in [6.07, 6.45) is 3.03. The minimum absolute atomic E-state index is 0.740. The Kier molecular flexibility index (Phi) is 5.08. The molecule has 1 unspecified atom stereocenters. The SMILES string of the molecule is c1coc(CNCCN2CCC(N3CCOCC3)C2)c1. The number of likely N-dealkylation sites (tertiary alicyclic amines) is 1. The molecule has 5 nitrogen and oxygen atoms in total. The average Bonchev–Trinajstić information content (AvgIpc) is 3.16. The van der Waals surface area contributed by atoms with Gasteiger partial charge in [-0.05, 0) is 25.1 Å². The Balaban J connectivity index is 1.31. The number of hydrogen-bond acceptors (Lipinski definition) is 5. The van der Waals surface area contributed by atoms with Crippen molar-refractivity contribution in [2.24, 2.45) is 0 Å². The third kappa shape index (κ3) is 3.82. The zero-order valence-electron chi connectivity index (χ0n) is 12.1.